The number of benzene rings is 1. The summed E-state index contributed by atoms with van der Waals surface area (Å²) in [7, 11) is 3.47. The van der Waals surface area contributed by atoms with Gasteiger partial charge < -0.3 is 14.8 Å². The lowest BCUT2D eigenvalue weighted by Gasteiger charge is -2.15. The zero-order valence-electron chi connectivity index (χ0n) is 11.8. The first-order valence-corrected chi connectivity index (χ1v) is 7.55. The Kier molecular flexibility index (Phi) is 5.85. The lowest BCUT2D eigenvalue weighted by Crippen LogP contribution is -2.09. The van der Waals surface area contributed by atoms with Gasteiger partial charge in [-0.25, -0.2) is 0 Å². The van der Waals surface area contributed by atoms with Gasteiger partial charge in [0.05, 0.1) is 12.8 Å². The molecule has 21 heavy (non-hydrogen) atoms. The van der Waals surface area contributed by atoms with E-state index >= 15 is 0 Å². The summed E-state index contributed by atoms with van der Waals surface area (Å²) in [4.78, 5) is 4.29. The van der Waals surface area contributed by atoms with Crippen LogP contribution >= 0.6 is 27.5 Å². The molecule has 2 rings (SSSR count). The van der Waals surface area contributed by atoms with Crippen molar-refractivity contribution in [2.45, 2.75) is 13.2 Å². The lowest BCUT2D eigenvalue weighted by molar-refractivity contribution is 0.277. The molecule has 1 aromatic carbocycles. The summed E-state index contributed by atoms with van der Waals surface area (Å²) in [5.74, 6) is 1.30. The molecule has 0 aliphatic rings. The molecule has 0 atom stereocenters. The Morgan fingerprint density at radius 1 is 1.33 bits per heavy atom. The van der Waals surface area contributed by atoms with E-state index in [1.54, 1.807) is 19.4 Å². The number of halogens is 2. The molecule has 1 aromatic heterocycles. The van der Waals surface area contributed by atoms with Crippen molar-refractivity contribution in [3.8, 4) is 11.5 Å². The van der Waals surface area contributed by atoms with Crippen LogP contribution in [0.4, 0.5) is 0 Å². The number of ether oxygens (including phenoxy) is 2. The molecule has 4 nitrogen and oxygen atoms in total. The van der Waals surface area contributed by atoms with Crippen molar-refractivity contribution in [1.29, 1.82) is 0 Å². The Balaban J connectivity index is 2.22. The van der Waals surface area contributed by atoms with Crippen molar-refractivity contribution in [1.82, 2.24) is 10.3 Å². The summed E-state index contributed by atoms with van der Waals surface area (Å²) in [6, 6.07) is 7.44. The first-order chi connectivity index (χ1) is 10.1. The first-order valence-electron chi connectivity index (χ1n) is 6.38. The second-order valence-corrected chi connectivity index (χ2v) is 5.74. The third-order valence-electron chi connectivity index (χ3n) is 2.84. The highest BCUT2D eigenvalue weighted by atomic mass is 79.9. The predicted octanol–water partition coefficient (Wildman–Crippen LogP) is 3.80. The molecule has 6 heteroatoms. The van der Waals surface area contributed by atoms with Crippen LogP contribution in [0.1, 0.15) is 11.3 Å². The summed E-state index contributed by atoms with van der Waals surface area (Å²) in [5, 5.41) is 3.71. The zero-order chi connectivity index (χ0) is 15.2. The molecule has 1 N–H and O–H groups in total. The number of nitrogens with zero attached hydrogens (tertiary/aromatic N) is 1. The van der Waals surface area contributed by atoms with E-state index in [1.165, 1.54) is 0 Å². The molecule has 0 amide bonds. The summed E-state index contributed by atoms with van der Waals surface area (Å²) >= 11 is 9.45. The van der Waals surface area contributed by atoms with Gasteiger partial charge in [-0.1, -0.05) is 11.6 Å². The number of aromatic nitrogens is 1. The largest absolute Gasteiger partial charge is 0.493 e. The molecule has 0 bridgehead atoms. The molecule has 0 aliphatic heterocycles. The van der Waals surface area contributed by atoms with Gasteiger partial charge in [0.25, 0.3) is 0 Å². The van der Waals surface area contributed by atoms with Crippen molar-refractivity contribution in [3.63, 3.8) is 0 Å². The van der Waals surface area contributed by atoms with Crippen LogP contribution in [0.2, 0.25) is 5.02 Å². The molecule has 0 unspecified atom stereocenters. The van der Waals surface area contributed by atoms with Crippen LogP contribution in [0.25, 0.3) is 0 Å². The molecular weight excluding hydrogens is 356 g/mol. The van der Waals surface area contributed by atoms with Crippen LogP contribution in [0.5, 0.6) is 11.5 Å². The molecule has 1 heterocycles. The average molecular weight is 372 g/mol. The highest BCUT2D eigenvalue weighted by Gasteiger charge is 2.13. The van der Waals surface area contributed by atoms with E-state index in [0.29, 0.717) is 29.7 Å². The Bertz CT molecular complexity index is 605. The molecule has 0 spiro atoms. The maximum atomic E-state index is 6.09. The van der Waals surface area contributed by atoms with Gasteiger partial charge >= 0.3 is 0 Å². The topological polar surface area (TPSA) is 43.4 Å². The van der Waals surface area contributed by atoms with E-state index in [4.69, 9.17) is 21.1 Å². The number of hydrogen-bond acceptors (Lipinski definition) is 4. The Hall–Kier alpha value is -1.30. The summed E-state index contributed by atoms with van der Waals surface area (Å²) in [6.07, 6.45) is 1.74. The maximum absolute atomic E-state index is 6.09. The first kappa shape index (κ1) is 16.1. The van der Waals surface area contributed by atoms with Crippen LogP contribution in [-0.2, 0) is 13.2 Å². The van der Waals surface area contributed by atoms with Crippen LogP contribution in [0.3, 0.4) is 0 Å². The SMILES string of the molecule is CNCc1cc(Cl)cc(OC)c1OCc1ccc(Br)cn1. The fourth-order valence-electron chi connectivity index (χ4n) is 1.90. The third kappa shape index (κ3) is 4.33. The number of nitrogens with one attached hydrogen (secondary N) is 1. The Morgan fingerprint density at radius 2 is 2.14 bits per heavy atom. The van der Waals surface area contributed by atoms with Gasteiger partial charge in [0.15, 0.2) is 11.5 Å². The second kappa shape index (κ2) is 7.64. The highest BCUT2D eigenvalue weighted by Crippen LogP contribution is 2.35. The van der Waals surface area contributed by atoms with E-state index in [-0.39, 0.29) is 0 Å². The third-order valence-corrected chi connectivity index (χ3v) is 3.52. The van der Waals surface area contributed by atoms with Gasteiger partial charge in [-0.15, -0.1) is 0 Å². The van der Waals surface area contributed by atoms with Crippen molar-refractivity contribution in [2.24, 2.45) is 0 Å². The van der Waals surface area contributed by atoms with Crippen molar-refractivity contribution < 1.29 is 9.47 Å². The molecule has 2 aromatic rings. The number of hydrogen-bond donors (Lipinski definition) is 1. The van der Waals surface area contributed by atoms with Gasteiger partial charge in [0.1, 0.15) is 6.61 Å². The summed E-state index contributed by atoms with van der Waals surface area (Å²) in [5.41, 5.74) is 1.78. The van der Waals surface area contributed by atoms with Gasteiger partial charge in [-0.2, -0.15) is 0 Å². The Labute approximate surface area is 137 Å². The van der Waals surface area contributed by atoms with Crippen LogP contribution in [0.15, 0.2) is 34.9 Å². The summed E-state index contributed by atoms with van der Waals surface area (Å²) in [6.45, 7) is 1.00. The highest BCUT2D eigenvalue weighted by molar-refractivity contribution is 9.10. The molecule has 0 fully saturated rings. The van der Waals surface area contributed by atoms with Gasteiger partial charge in [0, 0.05) is 33.9 Å². The summed E-state index contributed by atoms with van der Waals surface area (Å²) < 4.78 is 12.2. The van der Waals surface area contributed by atoms with E-state index in [0.717, 1.165) is 15.7 Å². The van der Waals surface area contributed by atoms with E-state index in [9.17, 15) is 0 Å². The molecule has 0 saturated carbocycles. The fourth-order valence-corrected chi connectivity index (χ4v) is 2.36. The Morgan fingerprint density at radius 3 is 2.76 bits per heavy atom. The normalized spacial score (nSPS) is 10.5. The minimum absolute atomic E-state index is 0.363. The number of methoxy groups -OCH3 is 1. The van der Waals surface area contributed by atoms with Crippen molar-refractivity contribution in [2.75, 3.05) is 14.2 Å². The van der Waals surface area contributed by atoms with E-state index in [1.807, 2.05) is 25.2 Å². The predicted molar refractivity (Wildman–Crippen MR) is 87.0 cm³/mol. The molecule has 0 aliphatic carbocycles. The average Bonchev–Trinajstić information content (AvgIpc) is 2.47. The monoisotopic (exact) mass is 370 g/mol. The molecule has 112 valence electrons. The smallest absolute Gasteiger partial charge is 0.166 e. The maximum Gasteiger partial charge on any atom is 0.166 e. The van der Waals surface area contributed by atoms with Gasteiger partial charge in [0.2, 0.25) is 0 Å². The zero-order valence-corrected chi connectivity index (χ0v) is 14.2. The minimum Gasteiger partial charge on any atom is -0.493 e. The van der Waals surface area contributed by atoms with Gasteiger partial charge in [-0.05, 0) is 41.2 Å². The molecule has 0 radical (unpaired) electrons. The molecule has 0 saturated heterocycles. The standard InChI is InChI=1S/C15H16BrClN2O2/c1-18-7-10-5-12(17)6-14(20-2)15(10)21-9-13-4-3-11(16)8-19-13/h3-6,8,18H,7,9H2,1-2H3. The quantitative estimate of drug-likeness (QED) is 0.838. The second-order valence-electron chi connectivity index (χ2n) is 4.38. The van der Waals surface area contributed by atoms with E-state index in [2.05, 4.69) is 26.2 Å². The molecular formula is C15H16BrClN2O2. The fraction of sp³-hybridized carbons (Fsp3) is 0.267. The van der Waals surface area contributed by atoms with Crippen LogP contribution in [0, 0.1) is 0 Å². The number of pyridine rings is 1. The van der Waals surface area contributed by atoms with Crippen molar-refractivity contribution >= 4 is 27.5 Å². The van der Waals surface area contributed by atoms with Crippen LogP contribution in [-0.4, -0.2) is 19.1 Å². The number of rotatable bonds is 6. The van der Waals surface area contributed by atoms with E-state index < -0.39 is 0 Å². The lowest BCUT2D eigenvalue weighted by atomic mass is 10.2. The van der Waals surface area contributed by atoms with Crippen LogP contribution < -0.4 is 14.8 Å². The van der Waals surface area contributed by atoms with Crippen molar-refractivity contribution in [3.05, 3.63) is 51.2 Å². The minimum atomic E-state index is 0.363. The van der Waals surface area contributed by atoms with Gasteiger partial charge in [-0.3, -0.25) is 4.98 Å².